The number of aromatic nitrogens is 5. The van der Waals surface area contributed by atoms with Crippen molar-refractivity contribution in [2.75, 3.05) is 0 Å². The van der Waals surface area contributed by atoms with Gasteiger partial charge in [-0.05, 0) is 55.7 Å². The minimum Gasteiger partial charge on any atom is -0.347 e. The molecule has 10 nitrogen and oxygen atoms in total. The number of imidazole rings is 1. The normalized spacial score (nSPS) is 19.4. The van der Waals surface area contributed by atoms with Crippen molar-refractivity contribution >= 4 is 17.6 Å². The van der Waals surface area contributed by atoms with Crippen LogP contribution in [0.3, 0.4) is 0 Å². The third kappa shape index (κ3) is 6.55. The molecule has 15 heteroatoms. The second kappa shape index (κ2) is 10.7. The second-order valence-corrected chi connectivity index (χ2v) is 10.6. The molecule has 0 saturated heterocycles. The Kier molecular flexibility index (Phi) is 7.48. The Morgan fingerprint density at radius 3 is 2.33 bits per heavy atom. The van der Waals surface area contributed by atoms with E-state index in [-0.39, 0.29) is 54.7 Å². The Labute approximate surface area is 225 Å². The standard InChI is InChI=1S/C25H28F5N7O3/c1-13-19(36-40-35-13)22(39)34-21(15-4-8-24(26,27)9-5-15)17-12-37-11-7-16(31-23(37)32-17)20(14-2-3-14)33-18(38)6-10-25(28,29)30/h7,11-12,14-15,20-21H,2-6,8-10H2,1H3,(H,33,38)(H,34,39)/t20?,21-/m0/s1. The lowest BCUT2D eigenvalue weighted by atomic mass is 9.81. The van der Waals surface area contributed by atoms with Gasteiger partial charge in [0.2, 0.25) is 17.6 Å². The van der Waals surface area contributed by atoms with Gasteiger partial charge in [-0.3, -0.25) is 14.0 Å². The van der Waals surface area contributed by atoms with E-state index in [0.717, 1.165) is 12.8 Å². The Morgan fingerprint density at radius 1 is 1.05 bits per heavy atom. The van der Waals surface area contributed by atoms with Crippen molar-refractivity contribution in [2.45, 2.75) is 82.5 Å². The maximum atomic E-state index is 13.9. The van der Waals surface area contributed by atoms with Gasteiger partial charge in [0.05, 0.1) is 29.9 Å². The number of hydrogen-bond acceptors (Lipinski definition) is 7. The van der Waals surface area contributed by atoms with E-state index in [0.29, 0.717) is 11.4 Å². The first-order valence-corrected chi connectivity index (χ1v) is 13.1. The number of halogens is 5. The van der Waals surface area contributed by atoms with Crippen LogP contribution in [0.5, 0.6) is 0 Å². The molecule has 2 fully saturated rings. The van der Waals surface area contributed by atoms with Gasteiger partial charge < -0.3 is 10.6 Å². The van der Waals surface area contributed by atoms with Gasteiger partial charge in [-0.2, -0.15) is 13.2 Å². The van der Waals surface area contributed by atoms with Crippen LogP contribution in [-0.2, 0) is 4.79 Å². The van der Waals surface area contributed by atoms with E-state index < -0.39 is 48.8 Å². The quantitative estimate of drug-likeness (QED) is 0.360. The number of nitrogens with zero attached hydrogens (tertiary/aromatic N) is 5. The summed E-state index contributed by atoms with van der Waals surface area (Å²) in [5, 5.41) is 12.8. The summed E-state index contributed by atoms with van der Waals surface area (Å²) in [6.45, 7) is 1.55. The number of carbonyl (C=O) groups excluding carboxylic acids is 2. The first-order valence-electron chi connectivity index (χ1n) is 13.1. The van der Waals surface area contributed by atoms with Crippen LogP contribution >= 0.6 is 0 Å². The smallest absolute Gasteiger partial charge is 0.347 e. The Hall–Kier alpha value is -3.65. The highest BCUT2D eigenvalue weighted by Gasteiger charge is 2.40. The monoisotopic (exact) mass is 569 g/mol. The molecule has 2 aliphatic rings. The summed E-state index contributed by atoms with van der Waals surface area (Å²) >= 11 is 0. The molecule has 1 unspecified atom stereocenters. The summed E-state index contributed by atoms with van der Waals surface area (Å²) in [4.78, 5) is 34.3. The summed E-state index contributed by atoms with van der Waals surface area (Å²) in [7, 11) is 0. The summed E-state index contributed by atoms with van der Waals surface area (Å²) in [6, 6.07) is 0.362. The summed E-state index contributed by atoms with van der Waals surface area (Å²) in [5.41, 5.74) is 1.11. The Bertz CT molecular complexity index is 1370. The van der Waals surface area contributed by atoms with Gasteiger partial charge >= 0.3 is 6.18 Å². The van der Waals surface area contributed by atoms with E-state index in [1.807, 2.05) is 0 Å². The lowest BCUT2D eigenvalue weighted by Crippen LogP contribution is -2.37. The van der Waals surface area contributed by atoms with E-state index in [2.05, 4.69) is 35.5 Å². The summed E-state index contributed by atoms with van der Waals surface area (Å²) < 4.78 is 71.7. The number of nitrogens with one attached hydrogen (secondary N) is 2. The van der Waals surface area contributed by atoms with E-state index >= 15 is 0 Å². The van der Waals surface area contributed by atoms with Gasteiger partial charge in [0, 0.05) is 31.7 Å². The number of alkyl halides is 5. The number of carbonyl (C=O) groups is 2. The average molecular weight is 570 g/mol. The minimum atomic E-state index is -4.43. The molecular formula is C25H28F5N7O3. The molecule has 216 valence electrons. The predicted octanol–water partition coefficient (Wildman–Crippen LogP) is 4.63. The lowest BCUT2D eigenvalue weighted by molar-refractivity contribution is -0.144. The van der Waals surface area contributed by atoms with E-state index in [4.69, 9.17) is 0 Å². The van der Waals surface area contributed by atoms with Gasteiger partial charge in [0.15, 0.2) is 5.69 Å². The average Bonchev–Trinajstić information content (AvgIpc) is 3.49. The van der Waals surface area contributed by atoms with Crippen molar-refractivity contribution in [3.8, 4) is 0 Å². The fourth-order valence-corrected chi connectivity index (χ4v) is 5.07. The second-order valence-electron chi connectivity index (χ2n) is 10.6. The Balaban J connectivity index is 1.39. The van der Waals surface area contributed by atoms with Crippen LogP contribution < -0.4 is 10.6 Å². The molecule has 40 heavy (non-hydrogen) atoms. The summed E-state index contributed by atoms with van der Waals surface area (Å²) in [6.07, 6.45) is -1.73. The number of aryl methyl sites for hydroxylation is 1. The van der Waals surface area contributed by atoms with Crippen molar-refractivity contribution in [2.24, 2.45) is 11.8 Å². The lowest BCUT2D eigenvalue weighted by Gasteiger charge is -2.33. The molecule has 3 aromatic rings. The maximum absolute atomic E-state index is 13.9. The van der Waals surface area contributed by atoms with Gasteiger partial charge in [-0.25, -0.2) is 23.4 Å². The molecule has 0 aromatic carbocycles. The molecule has 2 aliphatic carbocycles. The van der Waals surface area contributed by atoms with Crippen molar-refractivity contribution < 1.29 is 36.2 Å². The zero-order valence-electron chi connectivity index (χ0n) is 21.5. The topological polar surface area (TPSA) is 127 Å². The Morgan fingerprint density at radius 2 is 1.70 bits per heavy atom. The van der Waals surface area contributed by atoms with Crippen LogP contribution in [-0.4, -0.2) is 48.6 Å². The van der Waals surface area contributed by atoms with Crippen molar-refractivity contribution in [1.29, 1.82) is 0 Å². The van der Waals surface area contributed by atoms with E-state index in [1.54, 1.807) is 29.8 Å². The number of amides is 2. The fourth-order valence-electron chi connectivity index (χ4n) is 5.07. The SMILES string of the molecule is Cc1nonc1C(=O)N[C@H](c1cn2ccc(C(NC(=O)CCC(F)(F)F)C3CC3)nc2n1)C1CCC(F)(F)CC1. The van der Waals surface area contributed by atoms with Crippen LogP contribution in [0.15, 0.2) is 23.1 Å². The van der Waals surface area contributed by atoms with Crippen LogP contribution in [0.4, 0.5) is 22.0 Å². The highest BCUT2D eigenvalue weighted by molar-refractivity contribution is 5.93. The van der Waals surface area contributed by atoms with Crippen LogP contribution in [0.25, 0.3) is 5.78 Å². The molecule has 0 aliphatic heterocycles. The largest absolute Gasteiger partial charge is 0.389 e. The van der Waals surface area contributed by atoms with Crippen molar-refractivity contribution in [1.82, 2.24) is 35.3 Å². The van der Waals surface area contributed by atoms with Gasteiger partial charge in [-0.15, -0.1) is 0 Å². The number of rotatable bonds is 9. The van der Waals surface area contributed by atoms with Gasteiger partial charge in [-0.1, -0.05) is 5.16 Å². The third-order valence-corrected chi connectivity index (χ3v) is 7.44. The van der Waals surface area contributed by atoms with Crippen LogP contribution in [0.1, 0.15) is 91.0 Å². The fraction of sp³-hybridized carbons (Fsp3) is 0.600. The molecule has 2 atom stereocenters. The third-order valence-electron chi connectivity index (χ3n) is 7.44. The predicted molar refractivity (Wildman–Crippen MR) is 128 cm³/mol. The number of fused-ring (bicyclic) bond motifs is 1. The molecule has 0 bridgehead atoms. The van der Waals surface area contributed by atoms with E-state index in [9.17, 15) is 31.5 Å². The highest BCUT2D eigenvalue weighted by Crippen LogP contribution is 2.42. The first-order chi connectivity index (χ1) is 18.9. The molecule has 2 amide bonds. The van der Waals surface area contributed by atoms with Gasteiger partial charge in [0.25, 0.3) is 5.91 Å². The molecule has 2 saturated carbocycles. The van der Waals surface area contributed by atoms with Crippen molar-refractivity contribution in [3.63, 3.8) is 0 Å². The molecule has 5 rings (SSSR count). The van der Waals surface area contributed by atoms with Crippen LogP contribution in [0, 0.1) is 18.8 Å². The maximum Gasteiger partial charge on any atom is 0.389 e. The molecule has 0 radical (unpaired) electrons. The molecular weight excluding hydrogens is 541 g/mol. The van der Waals surface area contributed by atoms with Crippen molar-refractivity contribution in [3.05, 3.63) is 41.2 Å². The molecule has 0 spiro atoms. The van der Waals surface area contributed by atoms with Gasteiger partial charge in [0.1, 0.15) is 5.69 Å². The molecule has 3 aromatic heterocycles. The highest BCUT2D eigenvalue weighted by atomic mass is 19.4. The van der Waals surface area contributed by atoms with Crippen LogP contribution in [0.2, 0.25) is 0 Å². The summed E-state index contributed by atoms with van der Waals surface area (Å²) in [5.74, 6) is -4.11. The molecule has 3 heterocycles. The minimum absolute atomic E-state index is 0.0242. The van der Waals surface area contributed by atoms with E-state index in [1.165, 1.54) is 0 Å². The zero-order chi connectivity index (χ0) is 28.7. The molecule has 2 N–H and O–H groups in total. The number of hydrogen-bond donors (Lipinski definition) is 2. The zero-order valence-corrected chi connectivity index (χ0v) is 21.5. The first kappa shape index (κ1) is 27.9.